The quantitative estimate of drug-likeness (QED) is 0.550. The van der Waals surface area contributed by atoms with Crippen molar-refractivity contribution in [2.75, 3.05) is 0 Å². The Balaban J connectivity index is 1.58. The first kappa shape index (κ1) is 21.1. The summed E-state index contributed by atoms with van der Waals surface area (Å²) in [5.41, 5.74) is 1.56. The molecule has 1 amide bonds. The summed E-state index contributed by atoms with van der Waals surface area (Å²) in [6.45, 7) is 0.365. The van der Waals surface area contributed by atoms with E-state index in [0.29, 0.717) is 17.9 Å². The number of amides is 1. The van der Waals surface area contributed by atoms with Gasteiger partial charge in [0, 0.05) is 24.0 Å². The summed E-state index contributed by atoms with van der Waals surface area (Å²) < 4.78 is 45.6. The van der Waals surface area contributed by atoms with E-state index in [4.69, 9.17) is 4.74 Å². The minimum atomic E-state index is -4.60. The van der Waals surface area contributed by atoms with E-state index >= 15 is 0 Å². The van der Waals surface area contributed by atoms with Gasteiger partial charge in [-0.25, -0.2) is 0 Å². The van der Waals surface area contributed by atoms with Gasteiger partial charge >= 0.3 is 6.18 Å². The number of halogens is 3. The molecule has 4 nitrogen and oxygen atoms in total. The molecule has 1 atom stereocenters. The van der Waals surface area contributed by atoms with Crippen LogP contribution in [0.2, 0.25) is 0 Å². The van der Waals surface area contributed by atoms with Crippen molar-refractivity contribution in [3.05, 3.63) is 102 Å². The van der Waals surface area contributed by atoms with Crippen molar-refractivity contribution >= 4 is 12.0 Å². The molecule has 0 aliphatic carbocycles. The average Bonchev–Trinajstić information content (AvgIpc) is 2.76. The molecule has 1 heterocycles. The van der Waals surface area contributed by atoms with Gasteiger partial charge < -0.3 is 10.1 Å². The lowest BCUT2D eigenvalue weighted by Crippen LogP contribution is -2.37. The molecule has 0 fully saturated rings. The van der Waals surface area contributed by atoms with Crippen LogP contribution >= 0.6 is 0 Å². The Morgan fingerprint density at radius 1 is 1.03 bits per heavy atom. The highest BCUT2D eigenvalue weighted by Crippen LogP contribution is 2.32. The van der Waals surface area contributed by atoms with E-state index in [1.807, 2.05) is 17.4 Å². The van der Waals surface area contributed by atoms with Crippen LogP contribution in [-0.4, -0.2) is 17.1 Å². The molecule has 154 valence electrons. The minimum Gasteiger partial charge on any atom is -0.489 e. The molecule has 0 spiro atoms. The van der Waals surface area contributed by atoms with Gasteiger partial charge in [0.2, 0.25) is 5.91 Å². The molecule has 30 heavy (non-hydrogen) atoms. The fraction of sp³-hybridized carbons (Fsp3) is 0.130. The Kier molecular flexibility index (Phi) is 6.85. The molecule has 0 saturated carbocycles. The summed E-state index contributed by atoms with van der Waals surface area (Å²) in [5.74, 6) is -0.209. The number of hydrogen-bond donors (Lipinski definition) is 1. The lowest BCUT2D eigenvalue weighted by Gasteiger charge is -2.21. The zero-order chi connectivity index (χ0) is 21.4. The van der Waals surface area contributed by atoms with E-state index in [1.54, 1.807) is 42.7 Å². The van der Waals surface area contributed by atoms with Crippen LogP contribution in [-0.2, 0) is 11.4 Å². The molecule has 3 aromatic rings. The molecule has 1 N–H and O–H groups in total. The number of aromatic nitrogens is 1. The third-order valence-corrected chi connectivity index (χ3v) is 4.18. The number of nitrogens with one attached hydrogen (secondary N) is 1. The Morgan fingerprint density at radius 3 is 2.40 bits per heavy atom. The summed E-state index contributed by atoms with van der Waals surface area (Å²) >= 11 is 0. The number of carbonyl (C=O) groups is 1. The molecule has 0 saturated heterocycles. The third kappa shape index (κ3) is 6.20. The molecular formula is C23H19F3N2O2. The van der Waals surface area contributed by atoms with Crippen molar-refractivity contribution in [1.29, 1.82) is 0 Å². The predicted molar refractivity (Wildman–Crippen MR) is 107 cm³/mol. The van der Waals surface area contributed by atoms with Crippen molar-refractivity contribution in [2.45, 2.75) is 18.8 Å². The van der Waals surface area contributed by atoms with Crippen molar-refractivity contribution in [3.63, 3.8) is 0 Å². The molecule has 0 aliphatic heterocycles. The van der Waals surface area contributed by atoms with Crippen LogP contribution in [0.25, 0.3) is 6.08 Å². The summed E-state index contributed by atoms with van der Waals surface area (Å²) in [7, 11) is 0. The number of ether oxygens (including phenoxy) is 1. The second-order valence-electron chi connectivity index (χ2n) is 6.45. The average molecular weight is 412 g/mol. The molecule has 0 bridgehead atoms. The normalized spacial score (nSPS) is 12.5. The Hall–Kier alpha value is -3.61. The van der Waals surface area contributed by atoms with Crippen molar-refractivity contribution < 1.29 is 22.7 Å². The van der Waals surface area contributed by atoms with E-state index in [2.05, 4.69) is 4.98 Å². The maximum absolute atomic E-state index is 13.3. The van der Waals surface area contributed by atoms with Gasteiger partial charge in [-0.05, 0) is 35.4 Å². The minimum absolute atomic E-state index is 0.0260. The molecule has 1 unspecified atom stereocenters. The number of carbonyl (C=O) groups excluding carboxylic acids is 1. The first-order valence-corrected chi connectivity index (χ1v) is 9.14. The third-order valence-electron chi connectivity index (χ3n) is 4.18. The summed E-state index contributed by atoms with van der Waals surface area (Å²) in [5, 5.41) is 2.01. The topological polar surface area (TPSA) is 51.2 Å². The lowest BCUT2D eigenvalue weighted by molar-refractivity contribution is -0.162. The number of benzene rings is 2. The van der Waals surface area contributed by atoms with Gasteiger partial charge in [-0.3, -0.25) is 9.78 Å². The number of nitrogens with zero attached hydrogens (tertiary/aromatic N) is 1. The fourth-order valence-corrected chi connectivity index (χ4v) is 2.69. The van der Waals surface area contributed by atoms with Crippen LogP contribution in [0.15, 0.2) is 85.2 Å². The van der Waals surface area contributed by atoms with Crippen molar-refractivity contribution in [2.24, 2.45) is 0 Å². The lowest BCUT2D eigenvalue weighted by atomic mass is 10.1. The van der Waals surface area contributed by atoms with Crippen LogP contribution in [0.4, 0.5) is 13.2 Å². The first-order valence-electron chi connectivity index (χ1n) is 9.14. The van der Waals surface area contributed by atoms with Gasteiger partial charge in [0.25, 0.3) is 0 Å². The molecule has 0 aliphatic rings. The second kappa shape index (κ2) is 9.73. The van der Waals surface area contributed by atoms with Crippen LogP contribution in [0.5, 0.6) is 5.75 Å². The van der Waals surface area contributed by atoms with Crippen LogP contribution in [0, 0.1) is 0 Å². The molecule has 1 aromatic heterocycles. The maximum Gasteiger partial charge on any atom is 0.412 e. The zero-order valence-corrected chi connectivity index (χ0v) is 15.8. The van der Waals surface area contributed by atoms with Gasteiger partial charge in [-0.15, -0.1) is 0 Å². The van der Waals surface area contributed by atoms with Crippen molar-refractivity contribution in [1.82, 2.24) is 10.3 Å². The smallest absolute Gasteiger partial charge is 0.412 e. The highest BCUT2D eigenvalue weighted by Gasteiger charge is 2.41. The summed E-state index contributed by atoms with van der Waals surface area (Å²) in [6, 6.07) is 15.8. The Labute approximate surface area is 172 Å². The second-order valence-corrected chi connectivity index (χ2v) is 6.45. The van der Waals surface area contributed by atoms with E-state index in [0.717, 1.165) is 11.6 Å². The van der Waals surface area contributed by atoms with Gasteiger partial charge in [0.15, 0.2) is 6.04 Å². The van der Waals surface area contributed by atoms with E-state index < -0.39 is 18.1 Å². The number of alkyl halides is 3. The maximum atomic E-state index is 13.3. The van der Waals surface area contributed by atoms with Gasteiger partial charge in [-0.2, -0.15) is 13.2 Å². The number of pyridine rings is 1. The standard InChI is InChI=1S/C23H19F3N2O2/c24-23(25,26)22(19-6-2-1-3-7-19)28-21(29)13-10-17-8-11-20(12-9-17)30-16-18-5-4-14-27-15-18/h1-15,22H,16H2,(H,28,29)/b13-10+. The molecule has 0 radical (unpaired) electrons. The highest BCUT2D eigenvalue weighted by atomic mass is 19.4. The van der Waals surface area contributed by atoms with Crippen LogP contribution in [0.3, 0.4) is 0 Å². The number of hydrogen-bond acceptors (Lipinski definition) is 3. The fourth-order valence-electron chi connectivity index (χ4n) is 2.69. The van der Waals surface area contributed by atoms with Crippen LogP contribution in [0.1, 0.15) is 22.7 Å². The van der Waals surface area contributed by atoms with E-state index in [-0.39, 0.29) is 5.56 Å². The molecular weight excluding hydrogens is 393 g/mol. The number of rotatable bonds is 7. The van der Waals surface area contributed by atoms with E-state index in [9.17, 15) is 18.0 Å². The molecule has 7 heteroatoms. The molecule has 2 aromatic carbocycles. The SMILES string of the molecule is O=C(/C=C/c1ccc(OCc2cccnc2)cc1)NC(c1ccccc1)C(F)(F)F. The van der Waals surface area contributed by atoms with E-state index in [1.165, 1.54) is 30.3 Å². The molecule has 3 rings (SSSR count). The zero-order valence-electron chi connectivity index (χ0n) is 15.8. The monoisotopic (exact) mass is 412 g/mol. The first-order chi connectivity index (χ1) is 14.4. The van der Waals surface area contributed by atoms with Crippen LogP contribution < -0.4 is 10.1 Å². The predicted octanol–water partition coefficient (Wildman–Crippen LogP) is 5.09. The highest BCUT2D eigenvalue weighted by molar-refractivity contribution is 5.92. The Bertz CT molecular complexity index is 973. The van der Waals surface area contributed by atoms with Gasteiger partial charge in [0.05, 0.1) is 0 Å². The summed E-state index contributed by atoms with van der Waals surface area (Å²) in [6.07, 6.45) is 1.31. The largest absolute Gasteiger partial charge is 0.489 e. The van der Waals surface area contributed by atoms with Crippen molar-refractivity contribution in [3.8, 4) is 5.75 Å². The van der Waals surface area contributed by atoms with Gasteiger partial charge in [-0.1, -0.05) is 48.5 Å². The summed E-state index contributed by atoms with van der Waals surface area (Å²) in [4.78, 5) is 16.1. The van der Waals surface area contributed by atoms with Gasteiger partial charge in [0.1, 0.15) is 12.4 Å². The Morgan fingerprint density at radius 2 is 1.77 bits per heavy atom.